The highest BCUT2D eigenvalue weighted by molar-refractivity contribution is 4.95. The first kappa shape index (κ1) is 24.7. The van der Waals surface area contributed by atoms with Crippen molar-refractivity contribution < 1.29 is 0 Å². The summed E-state index contributed by atoms with van der Waals surface area (Å²) in [6, 6.07) is 0. The highest BCUT2D eigenvalue weighted by atomic mass is 14.2. The SMILES string of the molecule is CC=CC(C)(CCCCCCCCCC)CCCCCCCCCC. The standard InChI is InChI=1S/C25H50/c1-5-8-10-12-14-16-18-20-23-25(4,22-7-3)24-21-19-17-15-13-11-9-6-2/h7,22H,5-6,8-21,23-24H2,1-4H3. The molecule has 0 bridgehead atoms. The van der Waals surface area contributed by atoms with E-state index in [9.17, 15) is 0 Å². The minimum Gasteiger partial charge on any atom is -0.0911 e. The summed E-state index contributed by atoms with van der Waals surface area (Å²) < 4.78 is 0. The van der Waals surface area contributed by atoms with Gasteiger partial charge in [0.2, 0.25) is 0 Å². The van der Waals surface area contributed by atoms with E-state index in [-0.39, 0.29) is 0 Å². The van der Waals surface area contributed by atoms with Gasteiger partial charge in [0.05, 0.1) is 0 Å². The third-order valence-corrected chi connectivity index (χ3v) is 5.77. The second-order valence-corrected chi connectivity index (χ2v) is 8.60. The molecule has 0 nitrogen and oxygen atoms in total. The van der Waals surface area contributed by atoms with E-state index in [0.717, 1.165) is 0 Å². The Balaban J connectivity index is 3.70. The second-order valence-electron chi connectivity index (χ2n) is 8.60. The molecule has 0 rings (SSSR count). The molecule has 0 saturated carbocycles. The molecule has 0 N–H and O–H groups in total. The van der Waals surface area contributed by atoms with Crippen LogP contribution in [0.5, 0.6) is 0 Å². The Morgan fingerprint density at radius 1 is 0.520 bits per heavy atom. The Labute approximate surface area is 161 Å². The molecule has 0 heteroatoms. The summed E-state index contributed by atoms with van der Waals surface area (Å²) in [5, 5.41) is 0. The highest BCUT2D eigenvalue weighted by Crippen LogP contribution is 2.33. The van der Waals surface area contributed by atoms with Crippen LogP contribution in [0.15, 0.2) is 12.2 Å². The van der Waals surface area contributed by atoms with Crippen LogP contribution in [0.2, 0.25) is 0 Å². The Morgan fingerprint density at radius 2 is 0.840 bits per heavy atom. The Kier molecular flexibility index (Phi) is 18.3. The summed E-state index contributed by atoms with van der Waals surface area (Å²) in [5.74, 6) is 0. The highest BCUT2D eigenvalue weighted by Gasteiger charge is 2.19. The van der Waals surface area contributed by atoms with Crippen molar-refractivity contribution in [3.8, 4) is 0 Å². The van der Waals surface area contributed by atoms with Crippen LogP contribution in [0, 0.1) is 5.41 Å². The maximum atomic E-state index is 2.50. The smallest absolute Gasteiger partial charge is 0.0147 e. The van der Waals surface area contributed by atoms with Gasteiger partial charge in [-0.25, -0.2) is 0 Å². The Hall–Kier alpha value is -0.260. The number of hydrogen-bond donors (Lipinski definition) is 0. The Bertz CT molecular complexity index is 256. The predicted molar refractivity (Wildman–Crippen MR) is 117 cm³/mol. The normalized spacial score (nSPS) is 12.3. The van der Waals surface area contributed by atoms with E-state index >= 15 is 0 Å². The van der Waals surface area contributed by atoms with E-state index in [4.69, 9.17) is 0 Å². The van der Waals surface area contributed by atoms with E-state index in [1.54, 1.807) is 0 Å². The third kappa shape index (κ3) is 16.9. The lowest BCUT2D eigenvalue weighted by molar-refractivity contribution is 0.327. The van der Waals surface area contributed by atoms with Crippen molar-refractivity contribution in [2.45, 2.75) is 143 Å². The van der Waals surface area contributed by atoms with Gasteiger partial charge in [-0.05, 0) is 25.2 Å². The summed E-state index contributed by atoms with van der Waals surface area (Å²) in [6.45, 7) is 9.29. The largest absolute Gasteiger partial charge is 0.0911 e. The van der Waals surface area contributed by atoms with Gasteiger partial charge in [0.15, 0.2) is 0 Å². The van der Waals surface area contributed by atoms with Gasteiger partial charge >= 0.3 is 0 Å². The fourth-order valence-electron chi connectivity index (χ4n) is 4.02. The van der Waals surface area contributed by atoms with Crippen LogP contribution >= 0.6 is 0 Å². The number of allylic oxidation sites excluding steroid dienone is 2. The van der Waals surface area contributed by atoms with Gasteiger partial charge in [-0.3, -0.25) is 0 Å². The van der Waals surface area contributed by atoms with Crippen LogP contribution in [0.1, 0.15) is 143 Å². The zero-order valence-electron chi connectivity index (χ0n) is 18.4. The molecule has 0 heterocycles. The van der Waals surface area contributed by atoms with Crippen molar-refractivity contribution in [2.24, 2.45) is 5.41 Å². The van der Waals surface area contributed by atoms with Crippen LogP contribution in [0.3, 0.4) is 0 Å². The third-order valence-electron chi connectivity index (χ3n) is 5.77. The van der Waals surface area contributed by atoms with E-state index in [2.05, 4.69) is 39.8 Å². The van der Waals surface area contributed by atoms with Crippen molar-refractivity contribution in [3.63, 3.8) is 0 Å². The molecular formula is C25H50. The van der Waals surface area contributed by atoms with E-state index in [1.165, 1.54) is 116 Å². The molecule has 0 aliphatic carbocycles. The van der Waals surface area contributed by atoms with Gasteiger partial charge in [-0.15, -0.1) is 0 Å². The molecule has 0 atom stereocenters. The maximum absolute atomic E-state index is 2.50. The predicted octanol–water partition coefficient (Wildman–Crippen LogP) is 9.63. The zero-order valence-corrected chi connectivity index (χ0v) is 18.4. The molecule has 0 aromatic rings. The van der Waals surface area contributed by atoms with Crippen LogP contribution < -0.4 is 0 Å². The molecule has 0 radical (unpaired) electrons. The Morgan fingerprint density at radius 3 is 1.16 bits per heavy atom. The number of unbranched alkanes of at least 4 members (excludes halogenated alkanes) is 14. The summed E-state index contributed by atoms with van der Waals surface area (Å²) in [5.41, 5.74) is 0.458. The van der Waals surface area contributed by atoms with E-state index < -0.39 is 0 Å². The van der Waals surface area contributed by atoms with Gasteiger partial charge in [-0.2, -0.15) is 0 Å². The van der Waals surface area contributed by atoms with Crippen LogP contribution in [-0.4, -0.2) is 0 Å². The monoisotopic (exact) mass is 350 g/mol. The van der Waals surface area contributed by atoms with Gasteiger partial charge in [0, 0.05) is 0 Å². The second kappa shape index (κ2) is 18.5. The van der Waals surface area contributed by atoms with Crippen molar-refractivity contribution in [2.75, 3.05) is 0 Å². The molecule has 25 heavy (non-hydrogen) atoms. The lowest BCUT2D eigenvalue weighted by Gasteiger charge is -2.26. The van der Waals surface area contributed by atoms with Crippen LogP contribution in [0.4, 0.5) is 0 Å². The summed E-state index contributed by atoms with van der Waals surface area (Å²) in [6.07, 6.45) is 30.5. The van der Waals surface area contributed by atoms with Gasteiger partial charge in [0.25, 0.3) is 0 Å². The van der Waals surface area contributed by atoms with Crippen molar-refractivity contribution in [1.82, 2.24) is 0 Å². The molecule has 150 valence electrons. The van der Waals surface area contributed by atoms with E-state index in [0.29, 0.717) is 5.41 Å². The first-order chi connectivity index (χ1) is 12.2. The summed E-state index contributed by atoms with van der Waals surface area (Å²) >= 11 is 0. The van der Waals surface area contributed by atoms with Crippen molar-refractivity contribution in [3.05, 3.63) is 12.2 Å². The topological polar surface area (TPSA) is 0 Å². The van der Waals surface area contributed by atoms with Gasteiger partial charge in [0.1, 0.15) is 0 Å². The minimum absolute atomic E-state index is 0.458. The van der Waals surface area contributed by atoms with Crippen LogP contribution in [0.25, 0.3) is 0 Å². The molecule has 0 aliphatic heterocycles. The first-order valence-corrected chi connectivity index (χ1v) is 11.8. The quantitative estimate of drug-likeness (QED) is 0.161. The summed E-state index contributed by atoms with van der Waals surface area (Å²) in [4.78, 5) is 0. The van der Waals surface area contributed by atoms with Crippen molar-refractivity contribution in [1.29, 1.82) is 0 Å². The zero-order chi connectivity index (χ0) is 18.6. The molecule has 0 amide bonds. The van der Waals surface area contributed by atoms with Crippen LogP contribution in [-0.2, 0) is 0 Å². The molecule has 0 unspecified atom stereocenters. The van der Waals surface area contributed by atoms with Gasteiger partial charge < -0.3 is 0 Å². The molecule has 0 fully saturated rings. The van der Waals surface area contributed by atoms with E-state index in [1.807, 2.05) is 0 Å². The summed E-state index contributed by atoms with van der Waals surface area (Å²) in [7, 11) is 0. The fraction of sp³-hybridized carbons (Fsp3) is 0.920. The fourth-order valence-corrected chi connectivity index (χ4v) is 4.02. The average Bonchev–Trinajstić information content (AvgIpc) is 2.60. The molecule has 0 aromatic carbocycles. The minimum atomic E-state index is 0.458. The first-order valence-electron chi connectivity index (χ1n) is 11.8. The maximum Gasteiger partial charge on any atom is -0.0147 e. The molecule has 0 aromatic heterocycles. The lowest BCUT2D eigenvalue weighted by Crippen LogP contribution is -2.13. The molecular weight excluding hydrogens is 300 g/mol. The number of rotatable bonds is 19. The van der Waals surface area contributed by atoms with Crippen molar-refractivity contribution >= 4 is 0 Å². The molecule has 0 saturated heterocycles. The number of hydrogen-bond acceptors (Lipinski definition) is 0. The molecule has 0 spiro atoms. The molecule has 0 aliphatic rings. The lowest BCUT2D eigenvalue weighted by atomic mass is 9.79. The average molecular weight is 351 g/mol. The van der Waals surface area contributed by atoms with Gasteiger partial charge in [-0.1, -0.05) is 136 Å².